The van der Waals surface area contributed by atoms with E-state index in [2.05, 4.69) is 11.4 Å². The van der Waals surface area contributed by atoms with Crippen LogP contribution < -0.4 is 10.2 Å². The van der Waals surface area contributed by atoms with Gasteiger partial charge in [0.25, 0.3) is 0 Å². The SMILES string of the molecule is N#Cc1ccccc1NC(=O)CN1CCN(c2ccccc2F)CC1. The van der Waals surface area contributed by atoms with Gasteiger partial charge in [-0.15, -0.1) is 0 Å². The number of hydrogen-bond donors (Lipinski definition) is 1. The molecule has 5 nitrogen and oxygen atoms in total. The first kappa shape index (κ1) is 16.9. The van der Waals surface area contributed by atoms with Crippen LogP contribution in [0.2, 0.25) is 0 Å². The van der Waals surface area contributed by atoms with Gasteiger partial charge >= 0.3 is 0 Å². The number of nitrogens with zero attached hydrogens (tertiary/aromatic N) is 3. The molecule has 0 radical (unpaired) electrons. The van der Waals surface area contributed by atoms with Crippen LogP contribution in [0, 0.1) is 17.1 Å². The molecular formula is C19H19FN4O. The van der Waals surface area contributed by atoms with Crippen LogP contribution in [0.5, 0.6) is 0 Å². The smallest absolute Gasteiger partial charge is 0.238 e. The molecule has 1 amide bonds. The highest BCUT2D eigenvalue weighted by Gasteiger charge is 2.21. The number of carbonyl (C=O) groups excluding carboxylic acids is 1. The summed E-state index contributed by atoms with van der Waals surface area (Å²) in [6, 6.07) is 15.7. The highest BCUT2D eigenvalue weighted by atomic mass is 19.1. The van der Waals surface area contributed by atoms with Crippen LogP contribution in [-0.4, -0.2) is 43.5 Å². The van der Waals surface area contributed by atoms with E-state index in [0.29, 0.717) is 43.1 Å². The summed E-state index contributed by atoms with van der Waals surface area (Å²) in [7, 11) is 0. The third-order valence-electron chi connectivity index (χ3n) is 4.25. The molecular weight excluding hydrogens is 319 g/mol. The lowest BCUT2D eigenvalue weighted by molar-refractivity contribution is -0.117. The molecule has 128 valence electrons. The molecule has 0 unspecified atom stereocenters. The van der Waals surface area contributed by atoms with E-state index in [-0.39, 0.29) is 18.3 Å². The Bertz CT molecular complexity index is 794. The minimum absolute atomic E-state index is 0.151. The van der Waals surface area contributed by atoms with Crippen LogP contribution in [0.4, 0.5) is 15.8 Å². The van der Waals surface area contributed by atoms with E-state index in [9.17, 15) is 9.18 Å². The molecule has 3 rings (SSSR count). The molecule has 0 bridgehead atoms. The lowest BCUT2D eigenvalue weighted by atomic mass is 10.2. The Kier molecular flexibility index (Phi) is 5.26. The molecule has 1 aliphatic heterocycles. The molecule has 0 aliphatic carbocycles. The number of carbonyl (C=O) groups is 1. The van der Waals surface area contributed by atoms with E-state index >= 15 is 0 Å². The first-order valence-corrected chi connectivity index (χ1v) is 8.18. The number of benzene rings is 2. The van der Waals surface area contributed by atoms with Gasteiger partial charge in [0.2, 0.25) is 5.91 Å². The molecule has 0 spiro atoms. The van der Waals surface area contributed by atoms with Crippen molar-refractivity contribution < 1.29 is 9.18 Å². The Morgan fingerprint density at radius 3 is 2.48 bits per heavy atom. The van der Waals surface area contributed by atoms with E-state index in [1.165, 1.54) is 6.07 Å². The predicted molar refractivity (Wildman–Crippen MR) is 94.8 cm³/mol. The first-order valence-electron chi connectivity index (χ1n) is 8.18. The van der Waals surface area contributed by atoms with Crippen molar-refractivity contribution in [2.24, 2.45) is 0 Å². The number of para-hydroxylation sites is 2. The van der Waals surface area contributed by atoms with E-state index in [1.807, 2.05) is 15.9 Å². The molecule has 0 aromatic heterocycles. The lowest BCUT2D eigenvalue weighted by Crippen LogP contribution is -2.48. The van der Waals surface area contributed by atoms with Crippen LogP contribution in [0.25, 0.3) is 0 Å². The highest BCUT2D eigenvalue weighted by molar-refractivity contribution is 5.93. The molecule has 1 aliphatic rings. The zero-order chi connectivity index (χ0) is 17.6. The van der Waals surface area contributed by atoms with Crippen LogP contribution in [0.3, 0.4) is 0 Å². The largest absolute Gasteiger partial charge is 0.367 e. The van der Waals surface area contributed by atoms with Gasteiger partial charge in [-0.25, -0.2) is 4.39 Å². The summed E-state index contributed by atoms with van der Waals surface area (Å²) in [4.78, 5) is 16.2. The number of hydrogen-bond acceptors (Lipinski definition) is 4. The molecule has 6 heteroatoms. The van der Waals surface area contributed by atoms with Crippen LogP contribution in [0.1, 0.15) is 5.56 Å². The monoisotopic (exact) mass is 338 g/mol. The normalized spacial score (nSPS) is 14.8. The molecule has 1 heterocycles. The van der Waals surface area contributed by atoms with Crippen molar-refractivity contribution in [3.8, 4) is 6.07 Å². The number of nitriles is 1. The summed E-state index contributed by atoms with van der Waals surface area (Å²) < 4.78 is 13.8. The number of nitrogens with one attached hydrogen (secondary N) is 1. The van der Waals surface area contributed by atoms with Crippen LogP contribution in [0.15, 0.2) is 48.5 Å². The summed E-state index contributed by atoms with van der Waals surface area (Å²) in [5.41, 5.74) is 1.58. The van der Waals surface area contributed by atoms with Gasteiger partial charge in [-0.1, -0.05) is 24.3 Å². The van der Waals surface area contributed by atoms with Gasteiger partial charge in [-0.2, -0.15) is 5.26 Å². The van der Waals surface area contributed by atoms with Crippen molar-refractivity contribution >= 4 is 17.3 Å². The van der Waals surface area contributed by atoms with Crippen LogP contribution >= 0.6 is 0 Å². The summed E-state index contributed by atoms with van der Waals surface area (Å²) in [6.45, 7) is 2.96. The van der Waals surface area contributed by atoms with Gasteiger partial charge in [0.15, 0.2) is 0 Å². The third-order valence-corrected chi connectivity index (χ3v) is 4.25. The van der Waals surface area contributed by atoms with Gasteiger partial charge in [0.05, 0.1) is 23.5 Å². The molecule has 1 N–H and O–H groups in total. The maximum Gasteiger partial charge on any atom is 0.238 e. The maximum absolute atomic E-state index is 13.8. The number of piperazine rings is 1. The molecule has 25 heavy (non-hydrogen) atoms. The quantitative estimate of drug-likeness (QED) is 0.930. The lowest BCUT2D eigenvalue weighted by Gasteiger charge is -2.35. The minimum atomic E-state index is -0.221. The summed E-state index contributed by atoms with van der Waals surface area (Å²) >= 11 is 0. The Morgan fingerprint density at radius 2 is 1.76 bits per heavy atom. The number of halogens is 1. The average molecular weight is 338 g/mol. The zero-order valence-corrected chi connectivity index (χ0v) is 13.8. The molecule has 0 atom stereocenters. The van der Waals surface area contributed by atoms with Crippen molar-refractivity contribution in [3.05, 3.63) is 59.9 Å². The maximum atomic E-state index is 13.8. The summed E-state index contributed by atoms with van der Waals surface area (Å²) in [5.74, 6) is -0.371. The highest BCUT2D eigenvalue weighted by Crippen LogP contribution is 2.20. The molecule has 1 saturated heterocycles. The second kappa shape index (κ2) is 7.77. The van der Waals surface area contributed by atoms with Gasteiger partial charge in [-0.3, -0.25) is 9.69 Å². The molecule has 2 aromatic carbocycles. The molecule has 2 aromatic rings. The second-order valence-corrected chi connectivity index (χ2v) is 5.92. The fourth-order valence-corrected chi connectivity index (χ4v) is 2.94. The Balaban J connectivity index is 1.53. The van der Waals surface area contributed by atoms with Gasteiger partial charge in [0, 0.05) is 26.2 Å². The zero-order valence-electron chi connectivity index (χ0n) is 13.8. The second-order valence-electron chi connectivity index (χ2n) is 5.92. The first-order chi connectivity index (χ1) is 12.2. The Hall–Kier alpha value is -2.91. The third kappa shape index (κ3) is 4.14. The van der Waals surface area contributed by atoms with Crippen LogP contribution in [-0.2, 0) is 4.79 Å². The standard InChI is InChI=1S/C19H19FN4O/c20-16-6-2-4-8-18(16)24-11-9-23(10-12-24)14-19(25)22-17-7-3-1-5-15(17)13-21/h1-8H,9-12,14H2,(H,22,25). The van der Waals surface area contributed by atoms with Crippen molar-refractivity contribution in [2.45, 2.75) is 0 Å². The topological polar surface area (TPSA) is 59.4 Å². The number of anilines is 2. The minimum Gasteiger partial charge on any atom is -0.367 e. The molecule has 1 fully saturated rings. The van der Waals surface area contributed by atoms with Gasteiger partial charge < -0.3 is 10.2 Å². The Morgan fingerprint density at radius 1 is 1.08 bits per heavy atom. The van der Waals surface area contributed by atoms with E-state index in [0.717, 1.165) is 0 Å². The summed E-state index contributed by atoms with van der Waals surface area (Å²) in [6.07, 6.45) is 0. The van der Waals surface area contributed by atoms with Gasteiger partial charge in [0.1, 0.15) is 11.9 Å². The van der Waals surface area contributed by atoms with Gasteiger partial charge in [-0.05, 0) is 24.3 Å². The van der Waals surface area contributed by atoms with E-state index < -0.39 is 0 Å². The fraction of sp³-hybridized carbons (Fsp3) is 0.263. The fourth-order valence-electron chi connectivity index (χ4n) is 2.94. The van der Waals surface area contributed by atoms with Crippen molar-refractivity contribution in [3.63, 3.8) is 0 Å². The van der Waals surface area contributed by atoms with Crippen molar-refractivity contribution in [2.75, 3.05) is 42.9 Å². The van der Waals surface area contributed by atoms with Crippen molar-refractivity contribution in [1.82, 2.24) is 4.90 Å². The Labute approximate surface area is 146 Å². The summed E-state index contributed by atoms with van der Waals surface area (Å²) in [5, 5.41) is 11.8. The van der Waals surface area contributed by atoms with E-state index in [1.54, 1.807) is 36.4 Å². The predicted octanol–water partition coefficient (Wildman–Crippen LogP) is 2.46. The average Bonchev–Trinajstić information content (AvgIpc) is 2.63. The number of amides is 1. The van der Waals surface area contributed by atoms with Crippen molar-refractivity contribution in [1.29, 1.82) is 5.26 Å². The van der Waals surface area contributed by atoms with E-state index in [4.69, 9.17) is 5.26 Å². The number of rotatable bonds is 4. The molecule has 0 saturated carbocycles.